The smallest absolute Gasteiger partial charge is 0.239 e. The van der Waals surface area contributed by atoms with Gasteiger partial charge >= 0.3 is 0 Å². The molecule has 0 amide bonds. The van der Waals surface area contributed by atoms with Crippen molar-refractivity contribution in [1.29, 1.82) is 0 Å². The molecule has 1 aromatic carbocycles. The Balaban J connectivity index is 2.19. The van der Waals surface area contributed by atoms with E-state index in [0.717, 1.165) is 11.3 Å². The molecule has 1 aromatic rings. The zero-order valence-electron chi connectivity index (χ0n) is 11.1. The van der Waals surface area contributed by atoms with E-state index in [1.54, 1.807) is 14.2 Å². The van der Waals surface area contributed by atoms with E-state index in [-0.39, 0.29) is 5.37 Å². The fourth-order valence-corrected chi connectivity index (χ4v) is 3.75. The lowest BCUT2D eigenvalue weighted by Crippen LogP contribution is -2.47. The van der Waals surface area contributed by atoms with Crippen LogP contribution in [0.1, 0.15) is 16.5 Å². The standard InChI is InChI=1S/C13H20N2O2S/c1-15-12(18-9-13(15,16-2)17-3)11-6-4-10(8-14)5-7-11/h4-7,12H,8-9,14H2,1-3H3. The van der Waals surface area contributed by atoms with Gasteiger partial charge in [0.05, 0.1) is 11.1 Å². The van der Waals surface area contributed by atoms with Crippen LogP contribution in [0.15, 0.2) is 24.3 Å². The molecule has 2 rings (SSSR count). The van der Waals surface area contributed by atoms with E-state index >= 15 is 0 Å². The molecule has 1 saturated heterocycles. The second-order valence-corrected chi connectivity index (χ2v) is 5.41. The Morgan fingerprint density at radius 1 is 1.33 bits per heavy atom. The Hall–Kier alpha value is -0.590. The Morgan fingerprint density at radius 3 is 2.39 bits per heavy atom. The molecule has 0 aromatic heterocycles. The number of hydrogen-bond acceptors (Lipinski definition) is 5. The molecule has 18 heavy (non-hydrogen) atoms. The Morgan fingerprint density at radius 2 is 1.94 bits per heavy atom. The minimum atomic E-state index is -0.623. The normalized spacial score (nSPS) is 23.4. The van der Waals surface area contributed by atoms with Gasteiger partial charge in [0.1, 0.15) is 0 Å². The molecule has 0 aliphatic carbocycles. The van der Waals surface area contributed by atoms with Gasteiger partial charge in [0.15, 0.2) is 0 Å². The van der Waals surface area contributed by atoms with Crippen LogP contribution in [0, 0.1) is 0 Å². The molecule has 100 valence electrons. The number of ether oxygens (including phenoxy) is 2. The summed E-state index contributed by atoms with van der Waals surface area (Å²) < 4.78 is 11.0. The third-order valence-corrected chi connectivity index (χ3v) is 4.89. The van der Waals surface area contributed by atoms with Crippen LogP contribution in [-0.4, -0.2) is 37.8 Å². The van der Waals surface area contributed by atoms with Crippen molar-refractivity contribution < 1.29 is 9.47 Å². The average Bonchev–Trinajstić information content (AvgIpc) is 2.76. The van der Waals surface area contributed by atoms with Crippen molar-refractivity contribution in [1.82, 2.24) is 4.90 Å². The summed E-state index contributed by atoms with van der Waals surface area (Å²) in [5, 5.41) is 0.247. The molecular weight excluding hydrogens is 248 g/mol. The van der Waals surface area contributed by atoms with E-state index < -0.39 is 5.91 Å². The number of nitrogens with two attached hydrogens (primary N) is 1. The van der Waals surface area contributed by atoms with Crippen LogP contribution in [0.5, 0.6) is 0 Å². The van der Waals surface area contributed by atoms with Gasteiger partial charge in [0.2, 0.25) is 5.91 Å². The Kier molecular flexibility index (Phi) is 4.29. The molecule has 1 unspecified atom stereocenters. The van der Waals surface area contributed by atoms with Gasteiger partial charge in [-0.1, -0.05) is 24.3 Å². The largest absolute Gasteiger partial charge is 0.340 e. The van der Waals surface area contributed by atoms with E-state index in [0.29, 0.717) is 6.54 Å². The van der Waals surface area contributed by atoms with Gasteiger partial charge in [-0.3, -0.25) is 0 Å². The molecule has 1 atom stereocenters. The van der Waals surface area contributed by atoms with Crippen molar-refractivity contribution in [2.75, 3.05) is 27.0 Å². The Labute approximate surface area is 112 Å². The first-order chi connectivity index (χ1) is 8.66. The van der Waals surface area contributed by atoms with E-state index in [1.807, 2.05) is 18.8 Å². The highest BCUT2D eigenvalue weighted by Gasteiger charge is 2.46. The maximum Gasteiger partial charge on any atom is 0.239 e. The van der Waals surface area contributed by atoms with Crippen molar-refractivity contribution in [3.8, 4) is 0 Å². The molecule has 1 aliphatic heterocycles. The van der Waals surface area contributed by atoms with Gasteiger partial charge in [-0.05, 0) is 18.2 Å². The van der Waals surface area contributed by atoms with Gasteiger partial charge < -0.3 is 15.2 Å². The lowest BCUT2D eigenvalue weighted by molar-refractivity contribution is -0.270. The fraction of sp³-hybridized carbons (Fsp3) is 0.538. The van der Waals surface area contributed by atoms with Crippen molar-refractivity contribution in [3.63, 3.8) is 0 Å². The van der Waals surface area contributed by atoms with Crippen LogP contribution in [0.2, 0.25) is 0 Å². The van der Waals surface area contributed by atoms with Gasteiger partial charge in [0.25, 0.3) is 0 Å². The molecule has 1 fully saturated rings. The summed E-state index contributed by atoms with van der Waals surface area (Å²) in [5.74, 6) is 0.168. The zero-order chi connectivity index (χ0) is 13.2. The van der Waals surface area contributed by atoms with Gasteiger partial charge in [-0.15, -0.1) is 11.8 Å². The maximum atomic E-state index is 5.61. The number of rotatable bonds is 4. The summed E-state index contributed by atoms with van der Waals surface area (Å²) in [5.41, 5.74) is 8.00. The van der Waals surface area contributed by atoms with E-state index in [1.165, 1.54) is 5.56 Å². The molecular formula is C13H20N2O2S. The predicted molar refractivity (Wildman–Crippen MR) is 74.0 cm³/mol. The number of hydrogen-bond donors (Lipinski definition) is 1. The summed E-state index contributed by atoms with van der Waals surface area (Å²) >= 11 is 1.82. The first-order valence-electron chi connectivity index (χ1n) is 5.90. The van der Waals surface area contributed by atoms with Crippen LogP contribution in [0.3, 0.4) is 0 Å². The summed E-state index contributed by atoms with van der Waals surface area (Å²) in [6.07, 6.45) is 0. The van der Waals surface area contributed by atoms with E-state index in [4.69, 9.17) is 15.2 Å². The topological polar surface area (TPSA) is 47.7 Å². The van der Waals surface area contributed by atoms with Crippen LogP contribution in [-0.2, 0) is 16.0 Å². The van der Waals surface area contributed by atoms with Gasteiger partial charge in [-0.2, -0.15) is 0 Å². The van der Waals surface area contributed by atoms with Crippen molar-refractivity contribution >= 4 is 11.8 Å². The summed E-state index contributed by atoms with van der Waals surface area (Å²) in [7, 11) is 5.38. The van der Waals surface area contributed by atoms with Crippen molar-refractivity contribution in [2.45, 2.75) is 17.8 Å². The molecule has 0 saturated carbocycles. The lowest BCUT2D eigenvalue weighted by Gasteiger charge is -2.34. The van der Waals surface area contributed by atoms with Crippen LogP contribution < -0.4 is 5.73 Å². The molecule has 1 heterocycles. The first-order valence-corrected chi connectivity index (χ1v) is 6.95. The van der Waals surface area contributed by atoms with E-state index in [9.17, 15) is 0 Å². The molecule has 0 radical (unpaired) electrons. The molecule has 1 aliphatic rings. The quantitative estimate of drug-likeness (QED) is 0.843. The van der Waals surface area contributed by atoms with Crippen molar-refractivity contribution in [3.05, 3.63) is 35.4 Å². The molecule has 5 heteroatoms. The molecule has 0 bridgehead atoms. The maximum absolute atomic E-state index is 5.61. The van der Waals surface area contributed by atoms with Gasteiger partial charge in [-0.25, -0.2) is 4.90 Å². The van der Waals surface area contributed by atoms with Gasteiger partial charge in [0, 0.05) is 20.8 Å². The number of nitrogens with zero attached hydrogens (tertiary/aromatic N) is 1. The van der Waals surface area contributed by atoms with E-state index in [2.05, 4.69) is 29.2 Å². The van der Waals surface area contributed by atoms with Crippen LogP contribution in [0.25, 0.3) is 0 Å². The summed E-state index contributed by atoms with van der Waals surface area (Å²) in [6.45, 7) is 0.577. The number of benzene rings is 1. The second-order valence-electron chi connectivity index (χ2n) is 4.34. The second kappa shape index (κ2) is 5.59. The van der Waals surface area contributed by atoms with Crippen LogP contribution in [0.4, 0.5) is 0 Å². The number of methoxy groups -OCH3 is 2. The minimum absolute atomic E-state index is 0.247. The predicted octanol–water partition coefficient (Wildman–Crippen LogP) is 1.77. The SMILES string of the molecule is COC1(OC)CSC(c2ccc(CN)cc2)N1C. The highest BCUT2D eigenvalue weighted by Crippen LogP contribution is 2.45. The highest BCUT2D eigenvalue weighted by molar-refractivity contribution is 7.99. The zero-order valence-corrected chi connectivity index (χ0v) is 11.9. The first kappa shape index (κ1) is 13.8. The van der Waals surface area contributed by atoms with Crippen LogP contribution >= 0.6 is 11.8 Å². The van der Waals surface area contributed by atoms with Crippen molar-refractivity contribution in [2.24, 2.45) is 5.73 Å². The lowest BCUT2D eigenvalue weighted by atomic mass is 10.1. The third-order valence-electron chi connectivity index (χ3n) is 3.45. The summed E-state index contributed by atoms with van der Waals surface area (Å²) in [4.78, 5) is 2.12. The monoisotopic (exact) mass is 268 g/mol. The molecule has 4 nitrogen and oxygen atoms in total. The third kappa shape index (κ3) is 2.29. The highest BCUT2D eigenvalue weighted by atomic mass is 32.2. The Bertz CT molecular complexity index is 392. The fourth-order valence-electron chi connectivity index (χ4n) is 2.20. The average molecular weight is 268 g/mol. The minimum Gasteiger partial charge on any atom is -0.340 e. The molecule has 0 spiro atoms. The molecule has 2 N–H and O–H groups in total. The summed E-state index contributed by atoms with van der Waals surface area (Å²) in [6, 6.07) is 8.39. The number of thioether (sulfide) groups is 1.